The van der Waals surface area contributed by atoms with E-state index < -0.39 is 0 Å². The first-order chi connectivity index (χ1) is 13.5. The topological polar surface area (TPSA) is 63.2 Å². The molecule has 1 heterocycles. The average molecular weight is 454 g/mol. The van der Waals surface area contributed by atoms with Gasteiger partial charge in [-0.2, -0.15) is 0 Å². The molecule has 9 heteroatoms. The molecule has 0 saturated carbocycles. The summed E-state index contributed by atoms with van der Waals surface area (Å²) < 4.78 is 6.46. The van der Waals surface area contributed by atoms with Gasteiger partial charge in [0.15, 0.2) is 10.2 Å². The second-order valence-corrected chi connectivity index (χ2v) is 8.09. The van der Waals surface area contributed by atoms with Gasteiger partial charge in [-0.05, 0) is 55.0 Å². The number of nitrogens with zero attached hydrogens (tertiary/aromatic N) is 1. The van der Waals surface area contributed by atoms with Crippen LogP contribution in [0.5, 0.6) is 5.75 Å². The molecule has 0 aliphatic rings. The highest BCUT2D eigenvalue weighted by Gasteiger charge is 2.13. The van der Waals surface area contributed by atoms with Gasteiger partial charge in [-0.25, -0.2) is 4.98 Å². The van der Waals surface area contributed by atoms with E-state index in [1.165, 1.54) is 11.3 Å². The van der Waals surface area contributed by atoms with E-state index >= 15 is 0 Å². The highest BCUT2D eigenvalue weighted by Crippen LogP contribution is 2.35. The molecule has 3 aromatic rings. The van der Waals surface area contributed by atoms with E-state index in [-0.39, 0.29) is 11.0 Å². The first-order valence-electron chi connectivity index (χ1n) is 8.57. The molecule has 0 spiro atoms. The number of thiazole rings is 1. The number of carbonyl (C=O) groups excluding carboxylic acids is 1. The van der Waals surface area contributed by atoms with Crippen molar-refractivity contribution in [2.24, 2.45) is 0 Å². The number of ether oxygens (including phenoxy) is 1. The molecule has 28 heavy (non-hydrogen) atoms. The van der Waals surface area contributed by atoms with Crippen LogP contribution < -0.4 is 15.4 Å². The molecule has 0 aliphatic heterocycles. The predicted molar refractivity (Wildman–Crippen MR) is 120 cm³/mol. The SMILES string of the molecule is CCCCOc1ccc(C(=O)NC(=S)Nc2nc3c(Cl)c(Cl)ccc3s2)cc1. The predicted octanol–water partition coefficient (Wildman–Crippen LogP) is 5.91. The van der Waals surface area contributed by atoms with E-state index in [2.05, 4.69) is 22.5 Å². The van der Waals surface area contributed by atoms with Crippen molar-refractivity contribution in [3.05, 3.63) is 52.0 Å². The summed E-state index contributed by atoms with van der Waals surface area (Å²) in [5, 5.41) is 7.03. The second kappa shape index (κ2) is 9.52. The first-order valence-corrected chi connectivity index (χ1v) is 10.6. The number of fused-ring (bicyclic) bond motifs is 1. The Labute approximate surface area is 182 Å². The number of hydrogen-bond donors (Lipinski definition) is 2. The summed E-state index contributed by atoms with van der Waals surface area (Å²) in [5.41, 5.74) is 1.07. The van der Waals surface area contributed by atoms with Crippen LogP contribution in [0.3, 0.4) is 0 Å². The number of amides is 1. The summed E-state index contributed by atoms with van der Waals surface area (Å²) in [6, 6.07) is 10.5. The van der Waals surface area contributed by atoms with Gasteiger partial charge in [0, 0.05) is 5.56 Å². The van der Waals surface area contributed by atoms with Crippen molar-refractivity contribution in [1.82, 2.24) is 10.3 Å². The summed E-state index contributed by atoms with van der Waals surface area (Å²) in [6.07, 6.45) is 2.06. The number of thiocarbonyl (C=S) groups is 1. The smallest absolute Gasteiger partial charge is 0.257 e. The minimum atomic E-state index is -0.320. The zero-order valence-corrected chi connectivity index (χ0v) is 18.1. The quantitative estimate of drug-likeness (QED) is 0.358. The van der Waals surface area contributed by atoms with E-state index in [0.717, 1.165) is 23.3 Å². The zero-order valence-electron chi connectivity index (χ0n) is 14.9. The van der Waals surface area contributed by atoms with E-state index in [4.69, 9.17) is 40.2 Å². The average Bonchev–Trinajstić information content (AvgIpc) is 3.08. The minimum absolute atomic E-state index is 0.148. The van der Waals surface area contributed by atoms with E-state index in [9.17, 15) is 4.79 Å². The van der Waals surface area contributed by atoms with Gasteiger partial charge >= 0.3 is 0 Å². The Kier molecular flexibility index (Phi) is 7.07. The minimum Gasteiger partial charge on any atom is -0.494 e. The molecule has 0 aliphatic carbocycles. The summed E-state index contributed by atoms with van der Waals surface area (Å²) >= 11 is 18.7. The second-order valence-electron chi connectivity index (χ2n) is 5.86. The van der Waals surface area contributed by atoms with Gasteiger partial charge in [-0.3, -0.25) is 10.1 Å². The monoisotopic (exact) mass is 453 g/mol. The third-order valence-electron chi connectivity index (χ3n) is 3.78. The number of hydrogen-bond acceptors (Lipinski definition) is 5. The number of unbranched alkanes of at least 4 members (excludes halogenated alkanes) is 1. The van der Waals surface area contributed by atoms with Gasteiger partial charge < -0.3 is 10.1 Å². The number of aromatic nitrogens is 1. The van der Waals surface area contributed by atoms with Crippen molar-refractivity contribution in [2.45, 2.75) is 19.8 Å². The highest BCUT2D eigenvalue weighted by atomic mass is 35.5. The van der Waals surface area contributed by atoms with Gasteiger partial charge in [-0.15, -0.1) is 0 Å². The largest absolute Gasteiger partial charge is 0.494 e. The van der Waals surface area contributed by atoms with E-state index in [1.54, 1.807) is 30.3 Å². The molecular weight excluding hydrogens is 437 g/mol. The first kappa shape index (κ1) is 20.8. The Balaban J connectivity index is 1.60. The lowest BCUT2D eigenvalue weighted by Gasteiger charge is -2.08. The van der Waals surface area contributed by atoms with Crippen LogP contribution in [0.15, 0.2) is 36.4 Å². The van der Waals surface area contributed by atoms with Crippen LogP contribution in [0, 0.1) is 0 Å². The van der Waals surface area contributed by atoms with Crippen molar-refractivity contribution in [3.63, 3.8) is 0 Å². The lowest BCUT2D eigenvalue weighted by Crippen LogP contribution is -2.34. The maximum absolute atomic E-state index is 12.4. The van der Waals surface area contributed by atoms with Crippen molar-refractivity contribution in [2.75, 3.05) is 11.9 Å². The third-order valence-corrected chi connectivity index (χ3v) is 5.72. The molecule has 1 amide bonds. The van der Waals surface area contributed by atoms with E-state index in [1.807, 2.05) is 6.07 Å². The van der Waals surface area contributed by atoms with Gasteiger partial charge in [0.2, 0.25) is 0 Å². The van der Waals surface area contributed by atoms with Crippen LogP contribution in [-0.2, 0) is 0 Å². The van der Waals surface area contributed by atoms with Gasteiger partial charge in [0.25, 0.3) is 5.91 Å². The molecule has 146 valence electrons. The van der Waals surface area contributed by atoms with Gasteiger partial charge in [0.05, 0.1) is 21.4 Å². The molecular formula is C19H17Cl2N3O2S2. The summed E-state index contributed by atoms with van der Waals surface area (Å²) in [5.74, 6) is 0.413. The molecule has 5 nitrogen and oxygen atoms in total. The van der Waals surface area contributed by atoms with Crippen LogP contribution in [-0.4, -0.2) is 22.6 Å². The molecule has 0 unspecified atom stereocenters. The van der Waals surface area contributed by atoms with Crippen molar-refractivity contribution in [1.29, 1.82) is 0 Å². The molecule has 3 rings (SSSR count). The standard InChI is InChI=1S/C19H17Cl2N3O2S2/c1-2-3-10-26-12-6-4-11(5-7-12)17(25)23-18(27)24-19-22-16-14(28-19)9-8-13(20)15(16)21/h4-9H,2-3,10H2,1H3,(H2,22,23,24,25,27). The number of rotatable bonds is 6. The Morgan fingerprint density at radius 3 is 2.68 bits per heavy atom. The fraction of sp³-hybridized carbons (Fsp3) is 0.211. The molecule has 0 atom stereocenters. The van der Waals surface area contributed by atoms with Crippen LogP contribution in [0.4, 0.5) is 5.13 Å². The molecule has 1 aromatic heterocycles. The normalized spacial score (nSPS) is 10.7. The number of nitrogens with one attached hydrogen (secondary N) is 2. The van der Waals surface area contributed by atoms with Crippen molar-refractivity contribution >= 4 is 73.1 Å². The summed E-state index contributed by atoms with van der Waals surface area (Å²) in [7, 11) is 0. The van der Waals surface area contributed by atoms with Crippen LogP contribution >= 0.6 is 46.8 Å². The molecule has 0 saturated heterocycles. The summed E-state index contributed by atoms with van der Waals surface area (Å²) in [6.45, 7) is 2.76. The lowest BCUT2D eigenvalue weighted by molar-refractivity contribution is 0.0977. The van der Waals surface area contributed by atoms with Crippen LogP contribution in [0.1, 0.15) is 30.1 Å². The van der Waals surface area contributed by atoms with E-state index in [0.29, 0.717) is 32.9 Å². The summed E-state index contributed by atoms with van der Waals surface area (Å²) in [4.78, 5) is 16.7. The van der Waals surface area contributed by atoms with Crippen LogP contribution in [0.25, 0.3) is 10.2 Å². The molecule has 0 radical (unpaired) electrons. The lowest BCUT2D eigenvalue weighted by atomic mass is 10.2. The third kappa shape index (κ3) is 5.11. The van der Waals surface area contributed by atoms with Gasteiger partial charge in [0.1, 0.15) is 11.3 Å². The Morgan fingerprint density at radius 2 is 1.96 bits per heavy atom. The van der Waals surface area contributed by atoms with Crippen molar-refractivity contribution < 1.29 is 9.53 Å². The fourth-order valence-electron chi connectivity index (χ4n) is 2.33. The van der Waals surface area contributed by atoms with Crippen LogP contribution in [0.2, 0.25) is 10.0 Å². The fourth-order valence-corrected chi connectivity index (χ4v) is 3.88. The maximum Gasteiger partial charge on any atom is 0.257 e. The van der Waals surface area contributed by atoms with Crippen molar-refractivity contribution in [3.8, 4) is 5.75 Å². The number of benzene rings is 2. The molecule has 2 aromatic carbocycles. The Hall–Kier alpha value is -1.93. The Bertz CT molecular complexity index is 1010. The zero-order chi connectivity index (χ0) is 20.1. The Morgan fingerprint density at radius 1 is 1.21 bits per heavy atom. The molecule has 2 N–H and O–H groups in total. The molecule has 0 fully saturated rings. The number of anilines is 1. The number of halogens is 2. The highest BCUT2D eigenvalue weighted by molar-refractivity contribution is 7.80. The molecule has 0 bridgehead atoms. The number of carbonyl (C=O) groups is 1. The van der Waals surface area contributed by atoms with Gasteiger partial charge in [-0.1, -0.05) is 47.9 Å². The maximum atomic E-state index is 12.4.